The molecular weight excluding hydrogens is 326 g/mol. The molecular formula is C21H21N3O2. The van der Waals surface area contributed by atoms with Gasteiger partial charge in [0.2, 0.25) is 0 Å². The highest BCUT2D eigenvalue weighted by molar-refractivity contribution is 5.86. The first-order valence-electron chi connectivity index (χ1n) is 8.38. The second-order valence-electron chi connectivity index (χ2n) is 5.91. The Hall–Kier alpha value is -3.18. The van der Waals surface area contributed by atoms with Gasteiger partial charge >= 0.3 is 0 Å². The van der Waals surface area contributed by atoms with Crippen molar-refractivity contribution in [2.75, 3.05) is 5.01 Å². The van der Waals surface area contributed by atoms with Crippen molar-refractivity contribution in [3.8, 4) is 5.75 Å². The number of rotatable bonds is 6. The molecule has 0 bridgehead atoms. The van der Waals surface area contributed by atoms with Gasteiger partial charge in [-0.3, -0.25) is 9.99 Å². The number of nitrogens with zero attached hydrogens (tertiary/aromatic N) is 3. The highest BCUT2D eigenvalue weighted by atomic mass is 16.3. The molecule has 0 aliphatic rings. The molecule has 26 heavy (non-hydrogen) atoms. The Bertz CT molecular complexity index is 881. The fraction of sp³-hybridized carbons (Fsp3) is 0.143. The van der Waals surface area contributed by atoms with Crippen LogP contribution in [0.2, 0.25) is 0 Å². The lowest BCUT2D eigenvalue weighted by molar-refractivity contribution is 0.280. The molecule has 0 aliphatic carbocycles. The van der Waals surface area contributed by atoms with Crippen molar-refractivity contribution in [3.05, 3.63) is 89.2 Å². The lowest BCUT2D eigenvalue weighted by Crippen LogP contribution is -2.16. The van der Waals surface area contributed by atoms with E-state index in [1.54, 1.807) is 19.3 Å². The molecule has 1 heterocycles. The number of hydrogen-bond acceptors (Lipinski definition) is 5. The van der Waals surface area contributed by atoms with Crippen LogP contribution in [0.15, 0.2) is 72.0 Å². The smallest absolute Gasteiger partial charge is 0.145 e. The Balaban J connectivity index is 1.96. The van der Waals surface area contributed by atoms with Gasteiger partial charge in [0, 0.05) is 17.3 Å². The van der Waals surface area contributed by atoms with Gasteiger partial charge in [0.15, 0.2) is 0 Å². The number of aliphatic hydroxyl groups is 1. The van der Waals surface area contributed by atoms with Gasteiger partial charge < -0.3 is 10.2 Å². The summed E-state index contributed by atoms with van der Waals surface area (Å²) in [6.07, 6.45) is 3.13. The molecule has 0 spiro atoms. The van der Waals surface area contributed by atoms with E-state index in [1.165, 1.54) is 0 Å². The molecule has 5 nitrogen and oxygen atoms in total. The number of aromatic nitrogens is 1. The van der Waals surface area contributed by atoms with Crippen LogP contribution in [0.4, 0.5) is 5.69 Å². The first kappa shape index (κ1) is 17.6. The molecule has 0 radical (unpaired) electrons. The second kappa shape index (κ2) is 8.27. The van der Waals surface area contributed by atoms with Gasteiger partial charge in [0.05, 0.1) is 30.7 Å². The van der Waals surface area contributed by atoms with Crippen LogP contribution in [0.1, 0.15) is 22.4 Å². The van der Waals surface area contributed by atoms with E-state index in [-0.39, 0.29) is 12.4 Å². The number of para-hydroxylation sites is 1. The Morgan fingerprint density at radius 3 is 2.35 bits per heavy atom. The van der Waals surface area contributed by atoms with Crippen LogP contribution >= 0.6 is 0 Å². The molecule has 0 saturated carbocycles. The van der Waals surface area contributed by atoms with E-state index in [2.05, 4.69) is 10.1 Å². The van der Waals surface area contributed by atoms with Gasteiger partial charge in [0.25, 0.3) is 0 Å². The van der Waals surface area contributed by atoms with Gasteiger partial charge in [0.1, 0.15) is 5.75 Å². The molecule has 0 unspecified atom stereocenters. The third-order valence-corrected chi connectivity index (χ3v) is 4.08. The molecule has 0 fully saturated rings. The summed E-state index contributed by atoms with van der Waals surface area (Å²) >= 11 is 0. The van der Waals surface area contributed by atoms with Gasteiger partial charge in [-0.05, 0) is 24.6 Å². The average molecular weight is 347 g/mol. The van der Waals surface area contributed by atoms with Gasteiger partial charge in [-0.25, -0.2) is 0 Å². The van der Waals surface area contributed by atoms with Crippen molar-refractivity contribution >= 4 is 11.9 Å². The topological polar surface area (TPSA) is 69.0 Å². The summed E-state index contributed by atoms with van der Waals surface area (Å²) < 4.78 is 0. The Morgan fingerprint density at radius 2 is 1.69 bits per heavy atom. The highest BCUT2D eigenvalue weighted by Crippen LogP contribution is 2.23. The lowest BCUT2D eigenvalue weighted by atomic mass is 10.1. The zero-order valence-corrected chi connectivity index (χ0v) is 14.6. The van der Waals surface area contributed by atoms with Crippen LogP contribution in [0, 0.1) is 6.92 Å². The maximum Gasteiger partial charge on any atom is 0.145 e. The standard InChI is InChI=1S/C21H21N3O2/c1-16-21(26)20(18(15-25)12-22-16)13-23-24(19-10-6-3-7-11-19)14-17-8-4-2-5-9-17/h2-13,25-26H,14-15H2,1H3/b23-13+. The molecule has 0 atom stereocenters. The van der Waals surface area contributed by atoms with Gasteiger partial charge in [-0.1, -0.05) is 48.5 Å². The summed E-state index contributed by atoms with van der Waals surface area (Å²) in [6, 6.07) is 19.9. The van der Waals surface area contributed by atoms with Crippen molar-refractivity contribution in [1.29, 1.82) is 0 Å². The number of aliphatic hydroxyl groups excluding tert-OH is 1. The van der Waals surface area contributed by atoms with Crippen molar-refractivity contribution < 1.29 is 10.2 Å². The predicted molar refractivity (Wildman–Crippen MR) is 103 cm³/mol. The minimum absolute atomic E-state index is 0.0352. The van der Waals surface area contributed by atoms with Crippen LogP contribution in [0.3, 0.4) is 0 Å². The molecule has 1 aromatic heterocycles. The number of hydrazone groups is 1. The zero-order chi connectivity index (χ0) is 18.4. The van der Waals surface area contributed by atoms with E-state index in [9.17, 15) is 10.2 Å². The molecule has 0 aliphatic heterocycles. The molecule has 3 aromatic rings. The highest BCUT2D eigenvalue weighted by Gasteiger charge is 2.11. The second-order valence-corrected chi connectivity index (χ2v) is 5.91. The third kappa shape index (κ3) is 4.07. The van der Waals surface area contributed by atoms with E-state index in [0.29, 0.717) is 23.4 Å². The number of aryl methyl sites for hydroxylation is 1. The van der Waals surface area contributed by atoms with Crippen LogP contribution < -0.4 is 5.01 Å². The van der Waals surface area contributed by atoms with Crippen molar-refractivity contribution in [2.45, 2.75) is 20.1 Å². The summed E-state index contributed by atoms with van der Waals surface area (Å²) in [4.78, 5) is 4.08. The number of hydrogen-bond donors (Lipinski definition) is 2. The normalized spacial score (nSPS) is 11.0. The maximum atomic E-state index is 10.3. The quantitative estimate of drug-likeness (QED) is 0.528. The monoisotopic (exact) mass is 347 g/mol. The lowest BCUT2D eigenvalue weighted by Gasteiger charge is -2.19. The van der Waals surface area contributed by atoms with Gasteiger partial charge in [-0.15, -0.1) is 0 Å². The first-order valence-corrected chi connectivity index (χ1v) is 8.38. The molecule has 0 amide bonds. The fourth-order valence-corrected chi connectivity index (χ4v) is 2.61. The summed E-state index contributed by atoms with van der Waals surface area (Å²) in [6.45, 7) is 2.08. The SMILES string of the molecule is Cc1ncc(CO)c(/C=N/N(Cc2ccccc2)c2ccccc2)c1O. The summed E-state index contributed by atoms with van der Waals surface area (Å²) in [5.74, 6) is 0.0352. The first-order chi connectivity index (χ1) is 12.7. The fourth-order valence-electron chi connectivity index (χ4n) is 2.61. The van der Waals surface area contributed by atoms with Crippen LogP contribution in [0.5, 0.6) is 5.75 Å². The predicted octanol–water partition coefficient (Wildman–Crippen LogP) is 3.63. The number of pyridine rings is 1. The third-order valence-electron chi connectivity index (χ3n) is 4.08. The molecule has 2 aromatic carbocycles. The minimum atomic E-state index is -0.216. The summed E-state index contributed by atoms with van der Waals surface area (Å²) in [5, 5.41) is 26.3. The Morgan fingerprint density at radius 1 is 1.04 bits per heavy atom. The van der Waals surface area contributed by atoms with Crippen LogP contribution in [-0.2, 0) is 13.2 Å². The molecule has 3 rings (SSSR count). The minimum Gasteiger partial charge on any atom is -0.505 e. The van der Waals surface area contributed by atoms with E-state index in [1.807, 2.05) is 65.7 Å². The van der Waals surface area contributed by atoms with Crippen LogP contribution in [0.25, 0.3) is 0 Å². The van der Waals surface area contributed by atoms with E-state index < -0.39 is 0 Å². The van der Waals surface area contributed by atoms with Crippen molar-refractivity contribution in [2.24, 2.45) is 5.10 Å². The molecule has 5 heteroatoms. The molecule has 2 N–H and O–H groups in total. The maximum absolute atomic E-state index is 10.3. The average Bonchev–Trinajstić information content (AvgIpc) is 2.69. The molecule has 132 valence electrons. The van der Waals surface area contributed by atoms with Crippen molar-refractivity contribution in [1.82, 2.24) is 4.98 Å². The van der Waals surface area contributed by atoms with Gasteiger partial charge in [-0.2, -0.15) is 5.10 Å². The Labute approximate surface area is 152 Å². The van der Waals surface area contributed by atoms with Crippen molar-refractivity contribution in [3.63, 3.8) is 0 Å². The number of benzene rings is 2. The van der Waals surface area contributed by atoms with E-state index >= 15 is 0 Å². The zero-order valence-electron chi connectivity index (χ0n) is 14.6. The van der Waals surface area contributed by atoms with E-state index in [0.717, 1.165) is 11.3 Å². The number of aromatic hydroxyl groups is 1. The summed E-state index contributed by atoms with van der Waals surface area (Å²) in [7, 11) is 0. The molecule has 0 saturated heterocycles. The van der Waals surface area contributed by atoms with E-state index in [4.69, 9.17) is 0 Å². The largest absolute Gasteiger partial charge is 0.505 e. The number of anilines is 1. The Kier molecular flexibility index (Phi) is 5.61. The van der Waals surface area contributed by atoms with Crippen LogP contribution in [-0.4, -0.2) is 21.4 Å². The summed E-state index contributed by atoms with van der Waals surface area (Å²) in [5.41, 5.74) is 3.56.